The second-order valence-corrected chi connectivity index (χ2v) is 8.08. The molecule has 0 saturated heterocycles. The highest BCUT2D eigenvalue weighted by molar-refractivity contribution is 7.51. The van der Waals surface area contributed by atoms with Crippen LogP contribution in [-0.2, 0) is 13.7 Å². The Morgan fingerprint density at radius 1 is 0.800 bits per heavy atom. The van der Waals surface area contributed by atoms with Gasteiger partial charge in [0.2, 0.25) is 0 Å². The van der Waals surface area contributed by atoms with E-state index in [9.17, 15) is 29.6 Å². The van der Waals surface area contributed by atoms with Crippen molar-refractivity contribution in [2.75, 3.05) is 26.0 Å². The standard InChI is InChI=1S/C9H23NO13P2/c11-5(1-10(2-7(13)14)4-24(17,18)19)8(15)9(16)6(12)3-23-25(20,21)22/h5-9,11-16H,1-4H2,(H2,17,18,19)(H2,20,21,22). The van der Waals surface area contributed by atoms with Crippen LogP contribution >= 0.6 is 15.4 Å². The number of aliphatic hydroxyl groups excluding tert-OH is 5. The summed E-state index contributed by atoms with van der Waals surface area (Å²) in [5, 5.41) is 56.3. The average Bonchev–Trinajstić information content (AvgIpc) is 2.39. The van der Waals surface area contributed by atoms with Gasteiger partial charge in [0.15, 0.2) is 6.29 Å². The molecule has 0 saturated carbocycles. The van der Waals surface area contributed by atoms with Gasteiger partial charge < -0.3 is 50.2 Å². The Morgan fingerprint density at radius 2 is 1.28 bits per heavy atom. The van der Waals surface area contributed by atoms with E-state index in [1.165, 1.54) is 0 Å². The van der Waals surface area contributed by atoms with Crippen molar-refractivity contribution in [1.82, 2.24) is 4.90 Å². The molecule has 0 aromatic rings. The predicted octanol–water partition coefficient (Wildman–Crippen LogP) is -4.71. The van der Waals surface area contributed by atoms with Gasteiger partial charge in [0, 0.05) is 13.1 Å². The van der Waals surface area contributed by atoms with Crippen LogP contribution in [0.25, 0.3) is 0 Å². The highest BCUT2D eigenvalue weighted by Crippen LogP contribution is 2.36. The van der Waals surface area contributed by atoms with E-state index < -0.39 is 72.1 Å². The van der Waals surface area contributed by atoms with Crippen LogP contribution < -0.4 is 0 Å². The zero-order chi connectivity index (χ0) is 20.0. The fourth-order valence-electron chi connectivity index (χ4n) is 1.78. The van der Waals surface area contributed by atoms with E-state index in [1.54, 1.807) is 0 Å². The largest absolute Gasteiger partial charge is 0.469 e. The highest BCUT2D eigenvalue weighted by atomic mass is 31.2. The highest BCUT2D eigenvalue weighted by Gasteiger charge is 2.34. The lowest BCUT2D eigenvalue weighted by molar-refractivity contribution is -0.122. The van der Waals surface area contributed by atoms with E-state index in [-0.39, 0.29) is 0 Å². The first-order chi connectivity index (χ1) is 11.1. The molecule has 0 amide bonds. The van der Waals surface area contributed by atoms with Crippen LogP contribution in [0.3, 0.4) is 0 Å². The lowest BCUT2D eigenvalue weighted by atomic mass is 10.0. The molecule has 0 rings (SSSR count). The molecule has 0 radical (unpaired) electrons. The van der Waals surface area contributed by atoms with Crippen LogP contribution in [0.2, 0.25) is 0 Å². The van der Waals surface area contributed by atoms with Crippen molar-refractivity contribution < 1.29 is 63.9 Å². The number of hydrogen-bond acceptors (Lipinski definition) is 10. The van der Waals surface area contributed by atoms with Gasteiger partial charge in [-0.05, 0) is 0 Å². The van der Waals surface area contributed by atoms with Crippen LogP contribution in [0.1, 0.15) is 0 Å². The number of hydrogen-bond donors (Lipinski definition) is 10. The number of rotatable bonds is 12. The third kappa shape index (κ3) is 12.1. The summed E-state index contributed by atoms with van der Waals surface area (Å²) in [4.78, 5) is 35.4. The fourth-order valence-corrected chi connectivity index (χ4v) is 2.88. The Balaban J connectivity index is 4.78. The third-order valence-corrected chi connectivity index (χ3v) is 4.06. The number of phosphoric ester groups is 1. The summed E-state index contributed by atoms with van der Waals surface area (Å²) in [5.41, 5.74) is 0. The number of phosphoric acid groups is 1. The fraction of sp³-hybridized carbons (Fsp3) is 1.00. The van der Waals surface area contributed by atoms with Crippen molar-refractivity contribution in [2.24, 2.45) is 0 Å². The van der Waals surface area contributed by atoms with Gasteiger partial charge in [-0.3, -0.25) is 14.0 Å². The summed E-state index contributed by atoms with van der Waals surface area (Å²) in [7, 11) is -9.59. The van der Waals surface area contributed by atoms with E-state index in [2.05, 4.69) is 4.52 Å². The van der Waals surface area contributed by atoms with Crippen molar-refractivity contribution in [2.45, 2.75) is 30.7 Å². The van der Waals surface area contributed by atoms with Gasteiger partial charge >= 0.3 is 15.4 Å². The van der Waals surface area contributed by atoms with Crippen LogP contribution in [0.5, 0.6) is 0 Å². The first kappa shape index (κ1) is 25.0. The van der Waals surface area contributed by atoms with Gasteiger partial charge in [-0.2, -0.15) is 0 Å². The second-order valence-electron chi connectivity index (χ2n) is 5.22. The smallest absolute Gasteiger partial charge is 0.389 e. The monoisotopic (exact) mass is 415 g/mol. The summed E-state index contributed by atoms with van der Waals surface area (Å²) in [5.74, 6) is 0. The van der Waals surface area contributed by atoms with E-state index in [1.807, 2.05) is 0 Å². The molecular weight excluding hydrogens is 392 g/mol. The Morgan fingerprint density at radius 3 is 1.68 bits per heavy atom. The topological polar surface area (TPSA) is 249 Å². The molecule has 0 bridgehead atoms. The zero-order valence-corrected chi connectivity index (χ0v) is 14.5. The molecule has 4 unspecified atom stereocenters. The van der Waals surface area contributed by atoms with Crippen molar-refractivity contribution in [1.29, 1.82) is 0 Å². The molecule has 4 atom stereocenters. The van der Waals surface area contributed by atoms with Gasteiger partial charge in [0.25, 0.3) is 0 Å². The lowest BCUT2D eigenvalue weighted by Crippen LogP contribution is -2.50. The lowest BCUT2D eigenvalue weighted by Gasteiger charge is -2.31. The number of aliphatic hydroxyl groups is 6. The van der Waals surface area contributed by atoms with Crippen LogP contribution in [0.4, 0.5) is 0 Å². The molecule has 16 heteroatoms. The maximum atomic E-state index is 11.0. The first-order valence-corrected chi connectivity index (χ1v) is 10.0. The van der Waals surface area contributed by atoms with E-state index >= 15 is 0 Å². The molecule has 0 aliphatic carbocycles. The molecular formula is C9H23NO13P2. The summed E-state index contributed by atoms with van der Waals surface area (Å²) < 4.78 is 25.4. The maximum absolute atomic E-state index is 11.0. The first-order valence-electron chi connectivity index (χ1n) is 6.68. The van der Waals surface area contributed by atoms with Crippen molar-refractivity contribution in [3.05, 3.63) is 0 Å². The van der Waals surface area contributed by atoms with Gasteiger partial charge in [0.1, 0.15) is 24.6 Å². The minimum absolute atomic E-state index is 0.699. The van der Waals surface area contributed by atoms with Crippen molar-refractivity contribution >= 4 is 15.4 Å². The van der Waals surface area contributed by atoms with E-state index in [4.69, 9.17) is 29.8 Å². The minimum Gasteiger partial charge on any atom is -0.389 e. The SMILES string of the molecule is O=P(O)(O)CN(CC(O)O)CC(O)C(O)C(O)C(O)COP(=O)(O)O. The molecule has 0 aromatic carbocycles. The summed E-state index contributed by atoms with van der Waals surface area (Å²) in [6, 6.07) is 0. The molecule has 0 aliphatic heterocycles. The maximum Gasteiger partial charge on any atom is 0.469 e. The molecule has 10 N–H and O–H groups in total. The predicted molar refractivity (Wildman–Crippen MR) is 78.7 cm³/mol. The quantitative estimate of drug-likeness (QED) is 0.106. The third-order valence-electron chi connectivity index (χ3n) is 2.80. The van der Waals surface area contributed by atoms with Crippen molar-refractivity contribution in [3.63, 3.8) is 0 Å². The van der Waals surface area contributed by atoms with Crippen LogP contribution in [0.15, 0.2) is 0 Å². The van der Waals surface area contributed by atoms with Gasteiger partial charge in [-0.25, -0.2) is 4.57 Å². The Hall–Kier alpha value is -0.0200. The minimum atomic E-state index is -4.94. The van der Waals surface area contributed by atoms with Gasteiger partial charge in [-0.1, -0.05) is 0 Å². The van der Waals surface area contributed by atoms with Crippen LogP contribution in [-0.4, -0.2) is 112 Å². The number of nitrogens with zero attached hydrogens (tertiary/aromatic N) is 1. The molecule has 152 valence electrons. The molecule has 0 spiro atoms. The van der Waals surface area contributed by atoms with Crippen molar-refractivity contribution in [3.8, 4) is 0 Å². The molecule has 0 aliphatic rings. The molecule has 0 aromatic heterocycles. The normalized spacial score (nSPS) is 18.4. The van der Waals surface area contributed by atoms with Gasteiger partial charge in [0.05, 0.1) is 12.7 Å². The molecule has 0 fully saturated rings. The van der Waals surface area contributed by atoms with E-state index in [0.717, 1.165) is 0 Å². The summed E-state index contributed by atoms with van der Waals surface area (Å²) in [6.45, 7) is -2.50. The zero-order valence-electron chi connectivity index (χ0n) is 12.8. The second kappa shape index (κ2) is 10.3. The Bertz CT molecular complexity index is 478. The summed E-state index contributed by atoms with van der Waals surface area (Å²) in [6.07, 6.45) is -11.2. The average molecular weight is 415 g/mol. The molecule has 25 heavy (non-hydrogen) atoms. The molecule has 14 nitrogen and oxygen atoms in total. The molecule has 0 heterocycles. The summed E-state index contributed by atoms with van der Waals surface area (Å²) >= 11 is 0. The Kier molecular flexibility index (Phi) is 10.3. The van der Waals surface area contributed by atoms with Crippen LogP contribution in [0, 0.1) is 0 Å². The van der Waals surface area contributed by atoms with Gasteiger partial charge in [-0.15, -0.1) is 0 Å². The van der Waals surface area contributed by atoms with E-state index in [0.29, 0.717) is 4.90 Å². The Labute approximate surface area is 141 Å².